The molecule has 0 aromatic carbocycles. The molecule has 0 saturated carbocycles. The third-order valence-corrected chi connectivity index (χ3v) is 5.63. The summed E-state index contributed by atoms with van der Waals surface area (Å²) in [6.07, 6.45) is 8.97. The van der Waals surface area contributed by atoms with Crippen LogP contribution in [-0.4, -0.2) is 61.6 Å². The lowest BCUT2D eigenvalue weighted by atomic mass is 10.1. The predicted molar refractivity (Wildman–Crippen MR) is 119 cm³/mol. The van der Waals surface area contributed by atoms with Gasteiger partial charge in [-0.3, -0.25) is 4.57 Å². The van der Waals surface area contributed by atoms with Gasteiger partial charge in [0.15, 0.2) is 5.65 Å². The van der Waals surface area contributed by atoms with Crippen molar-refractivity contribution in [2.75, 3.05) is 36.8 Å². The quantitative estimate of drug-likeness (QED) is 0.451. The first-order valence-electron chi connectivity index (χ1n) is 10.7. The van der Waals surface area contributed by atoms with E-state index in [0.29, 0.717) is 12.6 Å². The van der Waals surface area contributed by atoms with Gasteiger partial charge in [0, 0.05) is 44.6 Å². The number of fused-ring (bicyclic) bond motifs is 1. The van der Waals surface area contributed by atoms with E-state index >= 15 is 0 Å². The molecular formula is C22H26N8O. The average molecular weight is 419 g/mol. The number of pyridine rings is 1. The highest BCUT2D eigenvalue weighted by Gasteiger charge is 2.22. The number of imidazole rings is 1. The number of nitrogens with zero attached hydrogens (tertiary/aromatic N) is 6. The van der Waals surface area contributed by atoms with Crippen molar-refractivity contribution in [2.45, 2.75) is 25.4 Å². The summed E-state index contributed by atoms with van der Waals surface area (Å²) in [7, 11) is 0. The fourth-order valence-corrected chi connectivity index (χ4v) is 4.00. The average Bonchev–Trinajstić information content (AvgIpc) is 3.44. The molecule has 0 bridgehead atoms. The lowest BCUT2D eigenvalue weighted by Gasteiger charge is -2.32. The maximum atomic E-state index is 5.56. The Kier molecular flexibility index (Phi) is 5.74. The third-order valence-electron chi connectivity index (χ3n) is 5.63. The van der Waals surface area contributed by atoms with Crippen molar-refractivity contribution in [1.82, 2.24) is 29.4 Å². The first kappa shape index (κ1) is 19.5. The molecule has 0 radical (unpaired) electrons. The normalized spacial score (nSPS) is 15.4. The number of furan rings is 1. The highest BCUT2D eigenvalue weighted by atomic mass is 16.3. The minimum atomic E-state index is 0.387. The summed E-state index contributed by atoms with van der Waals surface area (Å²) in [6.45, 7) is 4.59. The van der Waals surface area contributed by atoms with Crippen LogP contribution in [0.5, 0.6) is 0 Å². The lowest BCUT2D eigenvalue weighted by Crippen LogP contribution is -2.41. The summed E-state index contributed by atoms with van der Waals surface area (Å²) in [5.41, 5.74) is 1.76. The van der Waals surface area contributed by atoms with Crippen LogP contribution in [0.2, 0.25) is 0 Å². The fraction of sp³-hybridized carbons (Fsp3) is 0.364. The summed E-state index contributed by atoms with van der Waals surface area (Å²) in [6, 6.07) is 10.1. The van der Waals surface area contributed by atoms with Gasteiger partial charge in [0.25, 0.3) is 0 Å². The minimum absolute atomic E-state index is 0.387. The van der Waals surface area contributed by atoms with Gasteiger partial charge < -0.3 is 20.0 Å². The smallest absolute Gasteiger partial charge is 0.205 e. The number of aromatic nitrogens is 5. The van der Waals surface area contributed by atoms with Gasteiger partial charge in [-0.15, -0.1) is 0 Å². The van der Waals surface area contributed by atoms with Crippen molar-refractivity contribution in [3.8, 4) is 0 Å². The molecule has 0 amide bonds. The molecule has 5 heterocycles. The van der Waals surface area contributed by atoms with E-state index in [1.165, 1.54) is 0 Å². The molecule has 160 valence electrons. The lowest BCUT2D eigenvalue weighted by molar-refractivity contribution is 0.226. The van der Waals surface area contributed by atoms with Gasteiger partial charge in [-0.1, -0.05) is 0 Å². The molecule has 5 rings (SSSR count). The van der Waals surface area contributed by atoms with Crippen molar-refractivity contribution in [3.05, 3.63) is 61.1 Å². The Labute approximate surface area is 180 Å². The molecule has 1 saturated heterocycles. The first-order valence-corrected chi connectivity index (χ1v) is 10.7. The van der Waals surface area contributed by atoms with Crippen LogP contribution in [0.25, 0.3) is 11.2 Å². The molecule has 9 heteroatoms. The summed E-state index contributed by atoms with van der Waals surface area (Å²) >= 11 is 0. The van der Waals surface area contributed by atoms with Crippen molar-refractivity contribution in [2.24, 2.45) is 0 Å². The molecule has 0 spiro atoms. The molecule has 4 aromatic heterocycles. The van der Waals surface area contributed by atoms with Gasteiger partial charge in [-0.2, -0.15) is 0 Å². The molecule has 1 fully saturated rings. The zero-order valence-electron chi connectivity index (χ0n) is 17.3. The second-order valence-corrected chi connectivity index (χ2v) is 7.73. The van der Waals surface area contributed by atoms with E-state index in [-0.39, 0.29) is 0 Å². The van der Waals surface area contributed by atoms with Gasteiger partial charge in [0.05, 0.1) is 12.8 Å². The fourth-order valence-electron chi connectivity index (χ4n) is 4.00. The standard InChI is InChI=1S/C22H26N8O/c1-4-19-21(25-8-1)30(15-18-3-2-14-31-18)22(28-19)27-17-6-11-29(12-7-17)13-10-24-20-5-9-23-16-26-20/h1-5,8-9,14,16-17H,6-7,10-13,15H2,(H,27,28)(H,23,24,26). The predicted octanol–water partition coefficient (Wildman–Crippen LogP) is 2.85. The minimum Gasteiger partial charge on any atom is -0.467 e. The molecule has 0 aliphatic carbocycles. The summed E-state index contributed by atoms with van der Waals surface area (Å²) < 4.78 is 7.66. The van der Waals surface area contributed by atoms with Gasteiger partial charge in [-0.05, 0) is 43.2 Å². The molecular weight excluding hydrogens is 392 g/mol. The maximum absolute atomic E-state index is 5.56. The Morgan fingerprint density at radius 3 is 2.81 bits per heavy atom. The third kappa shape index (κ3) is 4.66. The zero-order chi connectivity index (χ0) is 20.9. The Balaban J connectivity index is 1.18. The van der Waals surface area contributed by atoms with Crippen LogP contribution in [0.1, 0.15) is 18.6 Å². The van der Waals surface area contributed by atoms with Gasteiger partial charge in [0.1, 0.15) is 23.4 Å². The first-order chi connectivity index (χ1) is 15.3. The van der Waals surface area contributed by atoms with E-state index in [1.54, 1.807) is 25.0 Å². The maximum Gasteiger partial charge on any atom is 0.205 e. The van der Waals surface area contributed by atoms with E-state index < -0.39 is 0 Å². The summed E-state index contributed by atoms with van der Waals surface area (Å²) in [4.78, 5) is 20.0. The van der Waals surface area contributed by atoms with Crippen LogP contribution in [-0.2, 0) is 6.54 Å². The number of hydrogen-bond acceptors (Lipinski definition) is 8. The van der Waals surface area contributed by atoms with Gasteiger partial charge in [0.2, 0.25) is 5.95 Å². The number of hydrogen-bond donors (Lipinski definition) is 2. The molecule has 2 N–H and O–H groups in total. The van der Waals surface area contributed by atoms with E-state index in [4.69, 9.17) is 9.40 Å². The second-order valence-electron chi connectivity index (χ2n) is 7.73. The Bertz CT molecular complexity index is 1090. The molecule has 4 aromatic rings. The van der Waals surface area contributed by atoms with Crippen LogP contribution < -0.4 is 10.6 Å². The highest BCUT2D eigenvalue weighted by Crippen LogP contribution is 2.22. The number of likely N-dealkylation sites (tertiary alicyclic amines) is 1. The van der Waals surface area contributed by atoms with Gasteiger partial charge >= 0.3 is 0 Å². The van der Waals surface area contributed by atoms with Crippen LogP contribution in [0, 0.1) is 0 Å². The monoisotopic (exact) mass is 418 g/mol. The van der Waals surface area contributed by atoms with E-state index in [9.17, 15) is 0 Å². The summed E-state index contributed by atoms with van der Waals surface area (Å²) in [5.74, 6) is 2.61. The molecule has 0 atom stereocenters. The van der Waals surface area contributed by atoms with Crippen LogP contribution in [0.4, 0.5) is 11.8 Å². The van der Waals surface area contributed by atoms with Crippen LogP contribution in [0.3, 0.4) is 0 Å². The van der Waals surface area contributed by atoms with Crippen molar-refractivity contribution in [1.29, 1.82) is 0 Å². The summed E-state index contributed by atoms with van der Waals surface area (Å²) in [5, 5.41) is 7.01. The molecule has 9 nitrogen and oxygen atoms in total. The molecule has 1 aliphatic rings. The van der Waals surface area contributed by atoms with Crippen LogP contribution in [0.15, 0.2) is 59.7 Å². The zero-order valence-corrected chi connectivity index (χ0v) is 17.3. The van der Waals surface area contributed by atoms with E-state index in [0.717, 1.165) is 67.7 Å². The molecule has 1 aliphatic heterocycles. The Hall–Kier alpha value is -3.46. The number of piperidine rings is 1. The SMILES string of the molecule is c1coc(Cn2c(NC3CCN(CCNc4ccncn4)CC3)nc3cccnc32)c1. The number of nitrogens with one attached hydrogen (secondary N) is 2. The Morgan fingerprint density at radius 1 is 1.06 bits per heavy atom. The number of rotatable bonds is 8. The molecule has 0 unspecified atom stereocenters. The van der Waals surface area contributed by atoms with Crippen LogP contribution >= 0.6 is 0 Å². The molecule has 31 heavy (non-hydrogen) atoms. The largest absolute Gasteiger partial charge is 0.467 e. The van der Waals surface area contributed by atoms with Crippen molar-refractivity contribution >= 4 is 22.9 Å². The second kappa shape index (κ2) is 9.13. The topological polar surface area (TPSA) is 96.9 Å². The van der Waals surface area contributed by atoms with Crippen molar-refractivity contribution < 1.29 is 4.42 Å². The Morgan fingerprint density at radius 2 is 2.00 bits per heavy atom. The van der Waals surface area contributed by atoms with Crippen molar-refractivity contribution in [3.63, 3.8) is 0 Å². The van der Waals surface area contributed by atoms with Gasteiger partial charge in [-0.25, -0.2) is 19.9 Å². The highest BCUT2D eigenvalue weighted by molar-refractivity contribution is 5.74. The number of anilines is 2. The van der Waals surface area contributed by atoms with E-state index in [2.05, 4.69) is 35.1 Å². The van der Waals surface area contributed by atoms with E-state index in [1.807, 2.05) is 30.3 Å².